The number of unbranched alkanes of at least 4 members (excludes halogenated alkanes) is 6. The number of benzene rings is 1. The molecule has 0 aliphatic carbocycles. The van der Waals surface area contributed by atoms with Crippen LogP contribution in [0.3, 0.4) is 0 Å². The second-order valence-corrected chi connectivity index (χ2v) is 6.19. The van der Waals surface area contributed by atoms with Gasteiger partial charge in [0.05, 0.1) is 6.61 Å². The number of nitrogens with one attached hydrogen (secondary N) is 1. The van der Waals surface area contributed by atoms with Crippen molar-refractivity contribution in [3.63, 3.8) is 0 Å². The molecule has 3 heteroatoms. The van der Waals surface area contributed by atoms with E-state index in [0.29, 0.717) is 13.0 Å². The van der Waals surface area contributed by atoms with Gasteiger partial charge in [-0.1, -0.05) is 57.6 Å². The lowest BCUT2D eigenvalue weighted by Crippen LogP contribution is -2.22. The van der Waals surface area contributed by atoms with Crippen LogP contribution < -0.4 is 10.1 Å². The van der Waals surface area contributed by atoms with Gasteiger partial charge in [-0.15, -0.1) is 0 Å². The van der Waals surface area contributed by atoms with E-state index >= 15 is 0 Å². The first kappa shape index (κ1) is 16.9. The van der Waals surface area contributed by atoms with E-state index in [2.05, 4.69) is 30.4 Å². The van der Waals surface area contributed by atoms with Crippen LogP contribution in [-0.2, 0) is 17.8 Å². The number of hydrogen-bond acceptors (Lipinski definition) is 2. The highest BCUT2D eigenvalue weighted by Crippen LogP contribution is 2.26. The van der Waals surface area contributed by atoms with Crippen LogP contribution >= 0.6 is 0 Å². The molecule has 0 saturated carbocycles. The zero-order chi connectivity index (χ0) is 15.6. The second kappa shape index (κ2) is 9.50. The largest absolute Gasteiger partial charge is 0.493 e. The summed E-state index contributed by atoms with van der Waals surface area (Å²) < 4.78 is 5.55. The lowest BCUT2D eigenvalue weighted by Gasteiger charge is -2.07. The smallest absolute Gasteiger partial charge is 0.220 e. The van der Waals surface area contributed by atoms with Gasteiger partial charge < -0.3 is 10.1 Å². The Morgan fingerprint density at radius 3 is 2.73 bits per heavy atom. The van der Waals surface area contributed by atoms with Crippen molar-refractivity contribution in [2.45, 2.75) is 71.3 Å². The fraction of sp³-hybridized carbons (Fsp3) is 0.632. The van der Waals surface area contributed by atoms with Crippen molar-refractivity contribution in [1.82, 2.24) is 5.32 Å². The summed E-state index contributed by atoms with van der Waals surface area (Å²) in [4.78, 5) is 11.8. The summed E-state index contributed by atoms with van der Waals surface area (Å²) in [6.07, 6.45) is 10.4. The quantitative estimate of drug-likeness (QED) is 0.651. The Labute approximate surface area is 134 Å². The van der Waals surface area contributed by atoms with Crippen molar-refractivity contribution < 1.29 is 9.53 Å². The number of amides is 1. The molecule has 1 heterocycles. The average Bonchev–Trinajstić information content (AvgIpc) is 2.99. The highest BCUT2D eigenvalue weighted by molar-refractivity contribution is 5.75. The topological polar surface area (TPSA) is 38.3 Å². The number of ether oxygens (including phenoxy) is 1. The molecule has 1 aliphatic rings. The second-order valence-electron chi connectivity index (χ2n) is 6.19. The summed E-state index contributed by atoms with van der Waals surface area (Å²) in [5.41, 5.74) is 2.40. The predicted octanol–water partition coefficient (Wildman–Crippen LogP) is 4.38. The number of carbonyl (C=O) groups is 1. The number of fused-ring (bicyclic) bond motifs is 1. The molecule has 1 aromatic carbocycles. The van der Waals surface area contributed by atoms with Gasteiger partial charge in [0.1, 0.15) is 5.75 Å². The van der Waals surface area contributed by atoms with E-state index in [1.165, 1.54) is 44.1 Å². The third kappa shape index (κ3) is 5.70. The summed E-state index contributed by atoms with van der Waals surface area (Å²) in [7, 11) is 0. The highest BCUT2D eigenvalue weighted by atomic mass is 16.5. The van der Waals surface area contributed by atoms with Gasteiger partial charge in [0.15, 0.2) is 0 Å². The molecule has 0 radical (unpaired) electrons. The van der Waals surface area contributed by atoms with Crippen LogP contribution in [0.2, 0.25) is 0 Å². The molecule has 0 atom stereocenters. The Bertz CT molecular complexity index is 471. The predicted molar refractivity (Wildman–Crippen MR) is 90.1 cm³/mol. The van der Waals surface area contributed by atoms with Gasteiger partial charge in [-0.3, -0.25) is 4.79 Å². The van der Waals surface area contributed by atoms with Crippen LogP contribution in [0.5, 0.6) is 5.75 Å². The Morgan fingerprint density at radius 1 is 1.14 bits per heavy atom. The first-order valence-electron chi connectivity index (χ1n) is 8.81. The van der Waals surface area contributed by atoms with Crippen LogP contribution in [0, 0.1) is 0 Å². The van der Waals surface area contributed by atoms with E-state index in [1.54, 1.807) is 0 Å². The first-order chi connectivity index (χ1) is 10.8. The minimum atomic E-state index is 0.162. The Hall–Kier alpha value is -1.51. The van der Waals surface area contributed by atoms with E-state index in [0.717, 1.165) is 30.8 Å². The minimum absolute atomic E-state index is 0.162. The summed E-state index contributed by atoms with van der Waals surface area (Å²) in [5.74, 6) is 1.15. The molecular formula is C19H29NO2. The molecule has 22 heavy (non-hydrogen) atoms. The van der Waals surface area contributed by atoms with Gasteiger partial charge in [-0.2, -0.15) is 0 Å². The van der Waals surface area contributed by atoms with Gasteiger partial charge >= 0.3 is 0 Å². The van der Waals surface area contributed by atoms with Crippen molar-refractivity contribution in [1.29, 1.82) is 0 Å². The van der Waals surface area contributed by atoms with E-state index in [9.17, 15) is 4.79 Å². The van der Waals surface area contributed by atoms with E-state index in [1.807, 2.05) is 0 Å². The van der Waals surface area contributed by atoms with Crippen LogP contribution in [0.1, 0.15) is 69.4 Å². The van der Waals surface area contributed by atoms with Crippen molar-refractivity contribution >= 4 is 5.91 Å². The molecular weight excluding hydrogens is 274 g/mol. The zero-order valence-electron chi connectivity index (χ0n) is 13.8. The maximum Gasteiger partial charge on any atom is 0.220 e. The summed E-state index contributed by atoms with van der Waals surface area (Å²) in [5, 5.41) is 3.01. The fourth-order valence-corrected chi connectivity index (χ4v) is 2.85. The molecule has 0 aromatic heterocycles. The maximum atomic E-state index is 11.8. The van der Waals surface area contributed by atoms with Crippen LogP contribution in [0.4, 0.5) is 0 Å². The van der Waals surface area contributed by atoms with Crippen LogP contribution in [0.25, 0.3) is 0 Å². The molecule has 1 aromatic rings. The third-order valence-corrected chi connectivity index (χ3v) is 4.26. The van der Waals surface area contributed by atoms with Gasteiger partial charge in [0.2, 0.25) is 5.91 Å². The van der Waals surface area contributed by atoms with Crippen LogP contribution in [-0.4, -0.2) is 12.5 Å². The Kier molecular flexibility index (Phi) is 7.27. The molecule has 0 spiro atoms. The molecule has 0 saturated heterocycles. The van der Waals surface area contributed by atoms with Crippen molar-refractivity contribution in [2.24, 2.45) is 0 Å². The summed E-state index contributed by atoms with van der Waals surface area (Å²) in [6.45, 7) is 3.62. The SMILES string of the molecule is CCCCCCCCCC(=O)NCc1ccc2c(c1)OCC2. The van der Waals surface area contributed by atoms with Crippen molar-refractivity contribution in [2.75, 3.05) is 6.61 Å². The number of hydrogen-bond donors (Lipinski definition) is 1. The molecule has 1 N–H and O–H groups in total. The molecule has 0 bridgehead atoms. The highest BCUT2D eigenvalue weighted by Gasteiger charge is 2.12. The number of rotatable bonds is 10. The molecule has 1 amide bonds. The third-order valence-electron chi connectivity index (χ3n) is 4.26. The Balaban J connectivity index is 1.56. The van der Waals surface area contributed by atoms with Gasteiger partial charge in [-0.25, -0.2) is 0 Å². The van der Waals surface area contributed by atoms with Gasteiger partial charge in [-0.05, 0) is 23.6 Å². The maximum absolute atomic E-state index is 11.8. The van der Waals surface area contributed by atoms with Gasteiger partial charge in [0.25, 0.3) is 0 Å². The standard InChI is InChI=1S/C19H29NO2/c1-2-3-4-5-6-7-8-9-19(21)20-15-16-10-11-17-12-13-22-18(17)14-16/h10-11,14H,2-9,12-13,15H2,1H3,(H,20,21). The lowest BCUT2D eigenvalue weighted by atomic mass is 10.1. The van der Waals surface area contributed by atoms with Crippen LogP contribution in [0.15, 0.2) is 18.2 Å². The van der Waals surface area contributed by atoms with E-state index < -0.39 is 0 Å². The molecule has 2 rings (SSSR count). The molecule has 122 valence electrons. The normalized spacial score (nSPS) is 12.8. The molecule has 3 nitrogen and oxygen atoms in total. The summed E-state index contributed by atoms with van der Waals surface area (Å²) in [6, 6.07) is 6.25. The lowest BCUT2D eigenvalue weighted by molar-refractivity contribution is -0.121. The zero-order valence-corrected chi connectivity index (χ0v) is 13.8. The van der Waals surface area contributed by atoms with E-state index in [-0.39, 0.29) is 5.91 Å². The molecule has 0 unspecified atom stereocenters. The van der Waals surface area contributed by atoms with Gasteiger partial charge in [0, 0.05) is 19.4 Å². The van der Waals surface area contributed by atoms with Crippen molar-refractivity contribution in [3.8, 4) is 5.75 Å². The van der Waals surface area contributed by atoms with E-state index in [4.69, 9.17) is 4.74 Å². The van der Waals surface area contributed by atoms with Crippen molar-refractivity contribution in [3.05, 3.63) is 29.3 Å². The molecule has 1 aliphatic heterocycles. The first-order valence-corrected chi connectivity index (χ1v) is 8.81. The fourth-order valence-electron chi connectivity index (χ4n) is 2.85. The average molecular weight is 303 g/mol. The monoisotopic (exact) mass is 303 g/mol. The minimum Gasteiger partial charge on any atom is -0.493 e. The number of carbonyl (C=O) groups excluding carboxylic acids is 1. The Morgan fingerprint density at radius 2 is 1.91 bits per heavy atom. The summed E-state index contributed by atoms with van der Waals surface area (Å²) >= 11 is 0. The molecule has 0 fully saturated rings.